The molecule has 138 valence electrons. The Kier molecular flexibility index (Phi) is 16.2. The number of rotatable bonds is 16. The number of nitrogens with two attached hydrogens (primary N) is 1. The molecule has 0 aliphatic carbocycles. The lowest BCUT2D eigenvalue weighted by Crippen LogP contribution is -2.36. The van der Waals surface area contributed by atoms with E-state index in [4.69, 9.17) is 10.8 Å². The summed E-state index contributed by atoms with van der Waals surface area (Å²) in [5.74, 6) is 0. The van der Waals surface area contributed by atoms with Crippen LogP contribution in [0.15, 0.2) is 11.6 Å². The van der Waals surface area contributed by atoms with E-state index >= 15 is 0 Å². The summed E-state index contributed by atoms with van der Waals surface area (Å²) in [4.78, 5) is 0. The van der Waals surface area contributed by atoms with Gasteiger partial charge in [0.2, 0.25) is 0 Å². The fourth-order valence-electron chi connectivity index (χ4n) is 2.90. The molecule has 0 spiro atoms. The van der Waals surface area contributed by atoms with Crippen LogP contribution in [0.25, 0.3) is 0 Å². The molecule has 4 N–H and O–H groups in total. The second-order valence-electron chi connectivity index (χ2n) is 6.89. The maximum absolute atomic E-state index is 9.99. The van der Waals surface area contributed by atoms with Gasteiger partial charge in [-0.25, -0.2) is 0 Å². The predicted octanol–water partition coefficient (Wildman–Crippen LogP) is 4.70. The van der Waals surface area contributed by atoms with Gasteiger partial charge < -0.3 is 15.9 Å². The number of hydrogen-bond acceptors (Lipinski definition) is 3. The molecule has 0 aliphatic heterocycles. The molecule has 0 rings (SSSR count). The Morgan fingerprint density at radius 2 is 1.39 bits per heavy atom. The fourth-order valence-corrected chi connectivity index (χ4v) is 2.90. The second-order valence-corrected chi connectivity index (χ2v) is 6.89. The van der Waals surface area contributed by atoms with Gasteiger partial charge in [-0.15, -0.1) is 0 Å². The van der Waals surface area contributed by atoms with Crippen LogP contribution in [0.5, 0.6) is 0 Å². The zero-order chi connectivity index (χ0) is 17.3. The summed E-state index contributed by atoms with van der Waals surface area (Å²) in [7, 11) is 0. The highest BCUT2D eigenvalue weighted by molar-refractivity contribution is 5.07. The first-order valence-electron chi connectivity index (χ1n) is 9.84. The number of aliphatic hydroxyl groups is 2. The van der Waals surface area contributed by atoms with Gasteiger partial charge in [-0.05, 0) is 31.8 Å². The molecule has 0 heterocycles. The van der Waals surface area contributed by atoms with E-state index in [-0.39, 0.29) is 12.6 Å². The van der Waals surface area contributed by atoms with Crippen LogP contribution in [0.1, 0.15) is 97.3 Å². The number of hydrogen-bond donors (Lipinski definition) is 3. The van der Waals surface area contributed by atoms with Crippen molar-refractivity contribution in [2.24, 2.45) is 5.73 Å². The Labute approximate surface area is 144 Å². The maximum atomic E-state index is 9.99. The van der Waals surface area contributed by atoms with Crippen LogP contribution in [0.3, 0.4) is 0 Å². The number of unbranched alkanes of at least 4 members (excludes halogenated alkanes) is 11. The van der Waals surface area contributed by atoms with Crippen molar-refractivity contribution in [1.29, 1.82) is 0 Å². The Bertz CT molecular complexity index is 279. The molecule has 0 fully saturated rings. The van der Waals surface area contributed by atoms with Gasteiger partial charge in [-0.3, -0.25) is 0 Å². The van der Waals surface area contributed by atoms with Gasteiger partial charge in [0.25, 0.3) is 0 Å². The van der Waals surface area contributed by atoms with E-state index in [0.29, 0.717) is 6.42 Å². The lowest BCUT2D eigenvalue weighted by molar-refractivity contribution is 0.157. The third-order valence-electron chi connectivity index (χ3n) is 4.61. The largest absolute Gasteiger partial charge is 0.396 e. The molecule has 0 aromatic carbocycles. The quantitative estimate of drug-likeness (QED) is 0.284. The monoisotopic (exact) mass is 327 g/mol. The molecule has 0 amide bonds. The summed E-state index contributed by atoms with van der Waals surface area (Å²) in [5.41, 5.74) is 6.76. The molecule has 23 heavy (non-hydrogen) atoms. The van der Waals surface area contributed by atoms with E-state index in [1.165, 1.54) is 70.6 Å². The van der Waals surface area contributed by atoms with Crippen LogP contribution in [0.2, 0.25) is 0 Å². The second kappa shape index (κ2) is 16.5. The highest BCUT2D eigenvalue weighted by Crippen LogP contribution is 2.13. The van der Waals surface area contributed by atoms with Crippen molar-refractivity contribution in [2.45, 2.75) is 109 Å². The van der Waals surface area contributed by atoms with Crippen molar-refractivity contribution in [3.05, 3.63) is 11.6 Å². The minimum absolute atomic E-state index is 0.0319. The number of allylic oxidation sites excluding steroid dienone is 1. The first kappa shape index (κ1) is 22.6. The summed E-state index contributed by atoms with van der Waals surface area (Å²) in [6, 6.07) is -0.353. The fraction of sp³-hybridized carbons (Fsp3) is 0.900. The minimum Gasteiger partial charge on any atom is -0.396 e. The van der Waals surface area contributed by atoms with E-state index in [2.05, 4.69) is 13.0 Å². The Morgan fingerprint density at radius 3 is 1.87 bits per heavy atom. The molecule has 0 radical (unpaired) electrons. The van der Waals surface area contributed by atoms with E-state index in [1.54, 1.807) is 0 Å². The third-order valence-corrected chi connectivity index (χ3v) is 4.61. The standard InChI is InChI=1S/C20H41NO2/c1-3-4-5-6-7-8-9-10-11-12-13-14-15-18(2)20(23)19(21)16-17-22/h15,19-20,22-23H,3-14,16-17,21H2,1-2H3. The molecule has 2 unspecified atom stereocenters. The van der Waals surface area contributed by atoms with Gasteiger partial charge in [0.1, 0.15) is 0 Å². The minimum atomic E-state index is -0.616. The normalized spacial score (nSPS) is 14.9. The average Bonchev–Trinajstić information content (AvgIpc) is 2.55. The summed E-state index contributed by atoms with van der Waals surface area (Å²) >= 11 is 0. The van der Waals surface area contributed by atoms with Crippen LogP contribution in [0.4, 0.5) is 0 Å². The topological polar surface area (TPSA) is 66.5 Å². The maximum Gasteiger partial charge on any atom is 0.0899 e. The molecule has 0 saturated carbocycles. The SMILES string of the molecule is CCCCCCCCCCCCCC=C(C)C(O)C(N)CCO. The molecule has 0 aliphatic rings. The third kappa shape index (κ3) is 13.7. The van der Waals surface area contributed by atoms with Crippen LogP contribution < -0.4 is 5.73 Å². The molecule has 0 aromatic heterocycles. The summed E-state index contributed by atoms with van der Waals surface area (Å²) in [6.45, 7) is 4.23. The van der Waals surface area contributed by atoms with Crippen LogP contribution in [-0.2, 0) is 0 Å². The molecule has 2 atom stereocenters. The summed E-state index contributed by atoms with van der Waals surface area (Å²) in [6.07, 6.45) is 17.9. The van der Waals surface area contributed by atoms with Crippen LogP contribution in [-0.4, -0.2) is 29.0 Å². The van der Waals surface area contributed by atoms with Crippen molar-refractivity contribution in [1.82, 2.24) is 0 Å². The molecule has 0 bridgehead atoms. The Hall–Kier alpha value is -0.380. The highest BCUT2D eigenvalue weighted by Gasteiger charge is 2.15. The zero-order valence-corrected chi connectivity index (χ0v) is 15.6. The van der Waals surface area contributed by atoms with Crippen molar-refractivity contribution in [3.63, 3.8) is 0 Å². The van der Waals surface area contributed by atoms with Crippen molar-refractivity contribution < 1.29 is 10.2 Å². The first-order chi connectivity index (χ1) is 11.1. The van der Waals surface area contributed by atoms with Crippen LogP contribution >= 0.6 is 0 Å². The van der Waals surface area contributed by atoms with Gasteiger partial charge >= 0.3 is 0 Å². The molecule has 3 nitrogen and oxygen atoms in total. The van der Waals surface area contributed by atoms with Crippen molar-refractivity contribution in [3.8, 4) is 0 Å². The lowest BCUT2D eigenvalue weighted by atomic mass is 10.00. The molecule has 0 saturated heterocycles. The van der Waals surface area contributed by atoms with Crippen molar-refractivity contribution in [2.75, 3.05) is 6.61 Å². The molecule has 3 heteroatoms. The summed E-state index contributed by atoms with van der Waals surface area (Å²) in [5, 5.41) is 18.8. The van der Waals surface area contributed by atoms with Gasteiger partial charge in [-0.1, -0.05) is 77.2 Å². The Morgan fingerprint density at radius 1 is 0.913 bits per heavy atom. The van der Waals surface area contributed by atoms with Gasteiger partial charge in [0, 0.05) is 12.6 Å². The highest BCUT2D eigenvalue weighted by atomic mass is 16.3. The predicted molar refractivity (Wildman–Crippen MR) is 101 cm³/mol. The van der Waals surface area contributed by atoms with E-state index in [1.807, 2.05) is 6.92 Å². The lowest BCUT2D eigenvalue weighted by Gasteiger charge is -2.18. The zero-order valence-electron chi connectivity index (χ0n) is 15.6. The van der Waals surface area contributed by atoms with E-state index < -0.39 is 6.10 Å². The van der Waals surface area contributed by atoms with E-state index in [0.717, 1.165) is 12.0 Å². The average molecular weight is 328 g/mol. The van der Waals surface area contributed by atoms with Gasteiger partial charge in [0.15, 0.2) is 0 Å². The molecule has 0 aromatic rings. The van der Waals surface area contributed by atoms with Gasteiger partial charge in [-0.2, -0.15) is 0 Å². The molecular formula is C20H41NO2. The molecular weight excluding hydrogens is 286 g/mol. The van der Waals surface area contributed by atoms with Crippen LogP contribution in [0, 0.1) is 0 Å². The number of aliphatic hydroxyl groups excluding tert-OH is 2. The van der Waals surface area contributed by atoms with Gasteiger partial charge in [0.05, 0.1) is 6.10 Å². The van der Waals surface area contributed by atoms with Crippen molar-refractivity contribution >= 4 is 0 Å². The van der Waals surface area contributed by atoms with E-state index in [9.17, 15) is 5.11 Å². The summed E-state index contributed by atoms with van der Waals surface area (Å²) < 4.78 is 0. The Balaban J connectivity index is 3.45. The smallest absolute Gasteiger partial charge is 0.0899 e. The first-order valence-corrected chi connectivity index (χ1v) is 9.84.